The molecule has 0 radical (unpaired) electrons. The molecule has 1 amide bonds. The van der Waals surface area contributed by atoms with Crippen LogP contribution < -0.4 is 10.1 Å². The lowest BCUT2D eigenvalue weighted by atomic mass is 9.79. The zero-order valence-corrected chi connectivity index (χ0v) is 19.1. The third-order valence-electron chi connectivity index (χ3n) is 6.05. The molecule has 0 aliphatic heterocycles. The predicted molar refractivity (Wildman–Crippen MR) is 125 cm³/mol. The van der Waals surface area contributed by atoms with E-state index in [-0.39, 0.29) is 17.8 Å². The van der Waals surface area contributed by atoms with Gasteiger partial charge in [-0.2, -0.15) is 13.2 Å². The molecule has 2 heterocycles. The van der Waals surface area contributed by atoms with E-state index >= 15 is 0 Å². The molecular weight excluding hydrogens is 457 g/mol. The normalized spacial score (nSPS) is 19.4. The van der Waals surface area contributed by atoms with Gasteiger partial charge < -0.3 is 10.1 Å². The highest BCUT2D eigenvalue weighted by Gasteiger charge is 2.31. The van der Waals surface area contributed by atoms with Gasteiger partial charge in [0.1, 0.15) is 12.1 Å². The molecule has 1 fully saturated rings. The minimum absolute atomic E-state index is 0.0743. The van der Waals surface area contributed by atoms with E-state index in [9.17, 15) is 18.0 Å². The number of alkyl halides is 3. The van der Waals surface area contributed by atoms with Crippen molar-refractivity contribution in [2.75, 3.05) is 0 Å². The molecule has 1 aliphatic carbocycles. The number of rotatable bonds is 6. The van der Waals surface area contributed by atoms with Crippen molar-refractivity contribution < 1.29 is 22.7 Å². The standard InChI is InChI=1S/C26H25F3N4O2/c1-2-19-11-18(6-8-23(19)33-25(34)20-13-30-16-31-14-20)10-17-4-3-5-22(12-17)35-24-9-7-21(15-32-24)26(27,28)29/h3-5,7,9-10,12-16,19,23H,2,6,8,11H2,1H3,(H,33,34)/b18-10-. The van der Waals surface area contributed by atoms with Gasteiger partial charge in [0.2, 0.25) is 5.88 Å². The summed E-state index contributed by atoms with van der Waals surface area (Å²) in [6, 6.07) is 9.57. The summed E-state index contributed by atoms with van der Waals surface area (Å²) in [6.45, 7) is 2.11. The Morgan fingerprint density at radius 1 is 1.17 bits per heavy atom. The first-order valence-corrected chi connectivity index (χ1v) is 11.4. The van der Waals surface area contributed by atoms with Gasteiger partial charge in [0.05, 0.1) is 11.1 Å². The summed E-state index contributed by atoms with van der Waals surface area (Å²) >= 11 is 0. The molecule has 4 rings (SSSR count). The number of benzene rings is 1. The van der Waals surface area contributed by atoms with Gasteiger partial charge in [-0.1, -0.05) is 37.1 Å². The van der Waals surface area contributed by atoms with Gasteiger partial charge in [0.25, 0.3) is 5.91 Å². The molecule has 1 N–H and O–H groups in total. The second-order valence-electron chi connectivity index (χ2n) is 8.48. The van der Waals surface area contributed by atoms with Crippen LogP contribution in [0.2, 0.25) is 0 Å². The van der Waals surface area contributed by atoms with E-state index in [4.69, 9.17) is 4.74 Å². The second-order valence-corrected chi connectivity index (χ2v) is 8.48. The quantitative estimate of drug-likeness (QED) is 0.461. The van der Waals surface area contributed by atoms with E-state index in [1.54, 1.807) is 6.07 Å². The zero-order valence-electron chi connectivity index (χ0n) is 19.1. The van der Waals surface area contributed by atoms with Crippen molar-refractivity contribution in [1.29, 1.82) is 0 Å². The first kappa shape index (κ1) is 24.4. The number of halogens is 3. The SMILES string of the molecule is CCC1C/C(=C\c2cccc(Oc3ccc(C(F)(F)F)cn3)c2)CCC1NC(=O)c1cncnc1. The van der Waals surface area contributed by atoms with Crippen LogP contribution in [0.3, 0.4) is 0 Å². The maximum atomic E-state index is 12.7. The van der Waals surface area contributed by atoms with Gasteiger partial charge in [-0.3, -0.25) is 4.79 Å². The summed E-state index contributed by atoms with van der Waals surface area (Å²) in [5.41, 5.74) is 1.83. The number of nitrogens with one attached hydrogen (secondary N) is 1. The molecule has 2 unspecified atom stereocenters. The van der Waals surface area contributed by atoms with Crippen LogP contribution in [0.4, 0.5) is 13.2 Å². The lowest BCUT2D eigenvalue weighted by Crippen LogP contribution is -2.42. The lowest BCUT2D eigenvalue weighted by molar-refractivity contribution is -0.137. The van der Waals surface area contributed by atoms with Crippen molar-refractivity contribution >= 4 is 12.0 Å². The maximum Gasteiger partial charge on any atom is 0.417 e. The van der Waals surface area contributed by atoms with Crippen molar-refractivity contribution in [2.24, 2.45) is 5.92 Å². The van der Waals surface area contributed by atoms with Crippen LogP contribution in [-0.2, 0) is 6.18 Å². The summed E-state index contributed by atoms with van der Waals surface area (Å²) in [5, 5.41) is 3.13. The van der Waals surface area contributed by atoms with Crippen molar-refractivity contribution in [1.82, 2.24) is 20.3 Å². The largest absolute Gasteiger partial charge is 0.439 e. The van der Waals surface area contributed by atoms with Crippen molar-refractivity contribution in [2.45, 2.75) is 44.8 Å². The number of hydrogen-bond donors (Lipinski definition) is 1. The molecule has 182 valence electrons. The Morgan fingerprint density at radius 3 is 2.66 bits per heavy atom. The van der Waals surface area contributed by atoms with E-state index in [0.717, 1.165) is 43.5 Å². The predicted octanol–water partition coefficient (Wildman–Crippen LogP) is 6.07. The molecule has 0 saturated heterocycles. The Kier molecular flexibility index (Phi) is 7.43. The van der Waals surface area contributed by atoms with Gasteiger partial charge in [-0.25, -0.2) is 15.0 Å². The fourth-order valence-electron chi connectivity index (χ4n) is 4.21. The molecule has 35 heavy (non-hydrogen) atoms. The number of nitrogens with zero attached hydrogens (tertiary/aromatic N) is 3. The molecule has 6 nitrogen and oxygen atoms in total. The van der Waals surface area contributed by atoms with Crippen LogP contribution in [0.1, 0.15) is 54.1 Å². The number of aromatic nitrogens is 3. The van der Waals surface area contributed by atoms with Crippen molar-refractivity contribution in [3.8, 4) is 11.6 Å². The molecule has 1 saturated carbocycles. The highest BCUT2D eigenvalue weighted by Crippen LogP contribution is 2.33. The molecule has 2 atom stereocenters. The minimum Gasteiger partial charge on any atom is -0.439 e. The number of pyridine rings is 1. The molecule has 2 aromatic heterocycles. The summed E-state index contributed by atoms with van der Waals surface area (Å²) in [4.78, 5) is 24.1. The van der Waals surface area contributed by atoms with Crippen molar-refractivity contribution in [3.05, 3.63) is 83.6 Å². The number of allylic oxidation sites excluding steroid dienone is 1. The van der Waals surface area contributed by atoms with Gasteiger partial charge in [-0.05, 0) is 48.9 Å². The number of ether oxygens (including phenoxy) is 1. The molecule has 3 aromatic rings. The average molecular weight is 483 g/mol. The number of carbonyl (C=O) groups excluding carboxylic acids is 1. The Bertz CT molecular complexity index is 1180. The first-order chi connectivity index (χ1) is 16.8. The summed E-state index contributed by atoms with van der Waals surface area (Å²) in [7, 11) is 0. The Balaban J connectivity index is 1.40. The second kappa shape index (κ2) is 10.7. The van der Waals surface area contributed by atoms with E-state index in [2.05, 4.69) is 33.3 Å². The molecule has 0 bridgehead atoms. The average Bonchev–Trinajstić information content (AvgIpc) is 2.85. The Labute approximate surface area is 201 Å². The van der Waals surface area contributed by atoms with Crippen LogP contribution in [0, 0.1) is 5.92 Å². The van der Waals surface area contributed by atoms with Crippen LogP contribution in [0.25, 0.3) is 6.08 Å². The molecule has 0 spiro atoms. The fraction of sp³-hybridized carbons (Fsp3) is 0.308. The van der Waals surface area contributed by atoms with Crippen LogP contribution in [0.5, 0.6) is 11.6 Å². The van der Waals surface area contributed by atoms with Crippen LogP contribution in [0.15, 0.2) is 66.9 Å². The fourth-order valence-corrected chi connectivity index (χ4v) is 4.21. The number of carbonyl (C=O) groups is 1. The van der Waals surface area contributed by atoms with E-state index in [0.29, 0.717) is 17.2 Å². The highest BCUT2D eigenvalue weighted by atomic mass is 19.4. The van der Waals surface area contributed by atoms with Gasteiger partial charge >= 0.3 is 6.18 Å². The van der Waals surface area contributed by atoms with Gasteiger partial charge in [-0.15, -0.1) is 0 Å². The van der Waals surface area contributed by atoms with Crippen LogP contribution >= 0.6 is 0 Å². The zero-order chi connectivity index (χ0) is 24.8. The smallest absolute Gasteiger partial charge is 0.417 e. The third kappa shape index (κ3) is 6.44. The number of hydrogen-bond acceptors (Lipinski definition) is 5. The molecule has 1 aromatic carbocycles. The van der Waals surface area contributed by atoms with Gasteiger partial charge in [0, 0.05) is 30.7 Å². The molecule has 1 aliphatic rings. The topological polar surface area (TPSA) is 77.0 Å². The lowest BCUT2D eigenvalue weighted by Gasteiger charge is -2.33. The molecule has 9 heteroatoms. The van der Waals surface area contributed by atoms with E-state index in [1.807, 2.05) is 18.2 Å². The summed E-state index contributed by atoms with van der Waals surface area (Å²) in [5.74, 6) is 0.723. The van der Waals surface area contributed by atoms with E-state index < -0.39 is 11.7 Å². The summed E-state index contributed by atoms with van der Waals surface area (Å²) in [6.07, 6.45) is 6.30. The van der Waals surface area contributed by atoms with Crippen molar-refractivity contribution in [3.63, 3.8) is 0 Å². The highest BCUT2D eigenvalue weighted by molar-refractivity contribution is 5.93. The van der Waals surface area contributed by atoms with Gasteiger partial charge in [0.15, 0.2) is 0 Å². The Morgan fingerprint density at radius 2 is 1.97 bits per heavy atom. The number of amides is 1. The minimum atomic E-state index is -4.44. The summed E-state index contributed by atoms with van der Waals surface area (Å²) < 4.78 is 43.8. The first-order valence-electron chi connectivity index (χ1n) is 11.4. The van der Waals surface area contributed by atoms with E-state index in [1.165, 1.54) is 30.4 Å². The molecular formula is C26H25F3N4O2. The third-order valence-corrected chi connectivity index (χ3v) is 6.05. The maximum absolute atomic E-state index is 12.7. The Hall–Kier alpha value is -3.75. The van der Waals surface area contributed by atoms with Crippen LogP contribution in [-0.4, -0.2) is 26.9 Å². The monoisotopic (exact) mass is 482 g/mol.